The molecular formula is C15H23N3O2S. The number of fused-ring (bicyclic) bond motifs is 1. The second kappa shape index (κ2) is 6.44. The second-order valence-electron chi connectivity index (χ2n) is 5.92. The number of nitrogens with zero attached hydrogens (tertiary/aromatic N) is 1. The number of piperidine rings is 1. The van der Waals surface area contributed by atoms with Crippen molar-refractivity contribution in [2.45, 2.75) is 25.8 Å². The van der Waals surface area contributed by atoms with E-state index in [4.69, 9.17) is 0 Å². The summed E-state index contributed by atoms with van der Waals surface area (Å²) in [7, 11) is -3.37. The Labute approximate surface area is 126 Å². The Kier molecular flexibility index (Phi) is 4.59. The summed E-state index contributed by atoms with van der Waals surface area (Å²) in [5.41, 5.74) is 2.38. The minimum absolute atomic E-state index is 0.408. The molecule has 1 saturated heterocycles. The van der Waals surface area contributed by atoms with Crippen LogP contribution in [0.1, 0.15) is 24.0 Å². The molecule has 1 fully saturated rings. The molecule has 0 aliphatic carbocycles. The molecule has 0 bridgehead atoms. The van der Waals surface area contributed by atoms with Gasteiger partial charge in [0.2, 0.25) is 0 Å². The summed E-state index contributed by atoms with van der Waals surface area (Å²) >= 11 is 0. The van der Waals surface area contributed by atoms with Crippen LogP contribution in [0.2, 0.25) is 0 Å². The first kappa shape index (κ1) is 15.0. The van der Waals surface area contributed by atoms with Crippen LogP contribution < -0.4 is 10.0 Å². The maximum Gasteiger partial charge on any atom is 0.279 e. The van der Waals surface area contributed by atoms with Gasteiger partial charge in [0.1, 0.15) is 0 Å². The highest BCUT2D eigenvalue weighted by atomic mass is 32.2. The molecule has 1 atom stereocenters. The zero-order valence-corrected chi connectivity index (χ0v) is 13.0. The van der Waals surface area contributed by atoms with E-state index in [1.807, 2.05) is 18.2 Å². The van der Waals surface area contributed by atoms with Crippen LogP contribution in [-0.4, -0.2) is 38.9 Å². The van der Waals surface area contributed by atoms with Crippen molar-refractivity contribution >= 4 is 10.2 Å². The van der Waals surface area contributed by atoms with Gasteiger partial charge in [-0.15, -0.1) is 0 Å². The minimum atomic E-state index is -3.37. The Morgan fingerprint density at radius 1 is 1.29 bits per heavy atom. The zero-order valence-electron chi connectivity index (χ0n) is 12.2. The van der Waals surface area contributed by atoms with Gasteiger partial charge in [0.15, 0.2) is 0 Å². The van der Waals surface area contributed by atoms with Gasteiger partial charge in [0, 0.05) is 19.6 Å². The van der Waals surface area contributed by atoms with Crippen molar-refractivity contribution in [1.29, 1.82) is 0 Å². The first-order valence-corrected chi connectivity index (χ1v) is 9.11. The first-order valence-electron chi connectivity index (χ1n) is 7.67. The van der Waals surface area contributed by atoms with Gasteiger partial charge in [0.25, 0.3) is 10.2 Å². The predicted octanol–water partition coefficient (Wildman–Crippen LogP) is 0.879. The summed E-state index contributed by atoms with van der Waals surface area (Å²) in [6, 6.07) is 8.08. The average molecular weight is 309 g/mol. The monoisotopic (exact) mass is 309 g/mol. The Morgan fingerprint density at radius 3 is 2.86 bits per heavy atom. The normalized spacial score (nSPS) is 23.7. The summed E-state index contributed by atoms with van der Waals surface area (Å²) in [6.45, 7) is 3.54. The van der Waals surface area contributed by atoms with Crippen LogP contribution >= 0.6 is 0 Å². The maximum atomic E-state index is 12.4. The standard InChI is InChI=1S/C15H23N3O2S/c19-21(20,17-11-13-4-3-8-16-10-13)18-9-7-14-5-1-2-6-15(14)12-18/h1-2,5-6,13,16-17H,3-4,7-12H2. The largest absolute Gasteiger partial charge is 0.316 e. The van der Waals surface area contributed by atoms with Gasteiger partial charge in [-0.2, -0.15) is 12.7 Å². The molecule has 2 N–H and O–H groups in total. The van der Waals surface area contributed by atoms with Crippen LogP contribution in [0.25, 0.3) is 0 Å². The van der Waals surface area contributed by atoms with E-state index in [1.54, 1.807) is 4.31 Å². The molecule has 0 spiro atoms. The maximum absolute atomic E-state index is 12.4. The molecule has 2 aliphatic rings. The van der Waals surface area contributed by atoms with Crippen molar-refractivity contribution in [2.24, 2.45) is 5.92 Å². The molecule has 116 valence electrons. The second-order valence-corrected chi connectivity index (χ2v) is 7.67. The summed E-state index contributed by atoms with van der Waals surface area (Å²) in [5, 5.41) is 3.32. The highest BCUT2D eigenvalue weighted by Crippen LogP contribution is 2.20. The number of hydrogen-bond acceptors (Lipinski definition) is 3. The molecule has 3 rings (SSSR count). The molecule has 6 heteroatoms. The summed E-state index contributed by atoms with van der Waals surface area (Å²) in [6.07, 6.45) is 3.02. The minimum Gasteiger partial charge on any atom is -0.316 e. The molecule has 1 aromatic rings. The van der Waals surface area contributed by atoms with E-state index in [-0.39, 0.29) is 0 Å². The number of hydrogen-bond donors (Lipinski definition) is 2. The van der Waals surface area contributed by atoms with E-state index in [1.165, 1.54) is 5.56 Å². The molecule has 2 heterocycles. The SMILES string of the molecule is O=S(=O)(NCC1CCCNC1)N1CCc2ccccc2C1. The Morgan fingerprint density at radius 2 is 2.10 bits per heavy atom. The summed E-state index contributed by atoms with van der Waals surface area (Å²) < 4.78 is 29.2. The molecular weight excluding hydrogens is 286 g/mol. The van der Waals surface area contributed by atoms with E-state index >= 15 is 0 Å². The van der Waals surface area contributed by atoms with Crippen molar-refractivity contribution in [3.63, 3.8) is 0 Å². The van der Waals surface area contributed by atoms with Crippen LogP contribution in [0.4, 0.5) is 0 Å². The smallest absolute Gasteiger partial charge is 0.279 e. The first-order chi connectivity index (χ1) is 10.1. The van der Waals surface area contributed by atoms with E-state index in [9.17, 15) is 8.42 Å². The summed E-state index contributed by atoms with van der Waals surface area (Å²) in [4.78, 5) is 0. The van der Waals surface area contributed by atoms with Crippen LogP contribution in [0.3, 0.4) is 0 Å². The van der Waals surface area contributed by atoms with E-state index in [0.717, 1.165) is 37.9 Å². The van der Waals surface area contributed by atoms with E-state index in [0.29, 0.717) is 25.6 Å². The quantitative estimate of drug-likeness (QED) is 0.868. The highest BCUT2D eigenvalue weighted by Gasteiger charge is 2.27. The molecule has 0 aromatic heterocycles. The number of benzene rings is 1. The predicted molar refractivity (Wildman–Crippen MR) is 83.1 cm³/mol. The van der Waals surface area contributed by atoms with Gasteiger partial charge in [-0.25, -0.2) is 4.72 Å². The van der Waals surface area contributed by atoms with Gasteiger partial charge in [0.05, 0.1) is 0 Å². The van der Waals surface area contributed by atoms with E-state index < -0.39 is 10.2 Å². The molecule has 0 saturated carbocycles. The number of rotatable bonds is 4. The van der Waals surface area contributed by atoms with Crippen LogP contribution in [-0.2, 0) is 23.2 Å². The Balaban J connectivity index is 1.60. The molecule has 0 amide bonds. The Hall–Kier alpha value is -0.950. The van der Waals surface area contributed by atoms with Crippen LogP contribution in [0.15, 0.2) is 24.3 Å². The fourth-order valence-electron chi connectivity index (χ4n) is 3.09. The lowest BCUT2D eigenvalue weighted by Gasteiger charge is -2.29. The molecule has 1 unspecified atom stereocenters. The fourth-order valence-corrected chi connectivity index (χ4v) is 4.36. The third-order valence-electron chi connectivity index (χ3n) is 4.39. The van der Waals surface area contributed by atoms with Crippen molar-refractivity contribution in [3.8, 4) is 0 Å². The van der Waals surface area contributed by atoms with Gasteiger partial charge >= 0.3 is 0 Å². The zero-order chi connectivity index (χ0) is 14.7. The molecule has 5 nitrogen and oxygen atoms in total. The summed E-state index contributed by atoms with van der Waals surface area (Å²) in [5.74, 6) is 0.408. The number of nitrogens with one attached hydrogen (secondary N) is 2. The molecule has 2 aliphatic heterocycles. The molecule has 1 aromatic carbocycles. The van der Waals surface area contributed by atoms with E-state index in [2.05, 4.69) is 16.1 Å². The molecule has 0 radical (unpaired) electrons. The van der Waals surface area contributed by atoms with Crippen molar-refractivity contribution in [1.82, 2.24) is 14.3 Å². The lowest BCUT2D eigenvalue weighted by atomic mass is 10.0. The fraction of sp³-hybridized carbons (Fsp3) is 0.600. The van der Waals surface area contributed by atoms with Crippen molar-refractivity contribution in [3.05, 3.63) is 35.4 Å². The third kappa shape index (κ3) is 3.63. The average Bonchev–Trinajstić information content (AvgIpc) is 2.53. The van der Waals surface area contributed by atoms with Crippen LogP contribution in [0, 0.1) is 5.92 Å². The molecule has 21 heavy (non-hydrogen) atoms. The third-order valence-corrected chi connectivity index (χ3v) is 5.91. The topological polar surface area (TPSA) is 61.4 Å². The van der Waals surface area contributed by atoms with Gasteiger partial charge in [-0.05, 0) is 49.4 Å². The lowest BCUT2D eigenvalue weighted by molar-refractivity contribution is 0.356. The highest BCUT2D eigenvalue weighted by molar-refractivity contribution is 7.87. The van der Waals surface area contributed by atoms with Crippen molar-refractivity contribution in [2.75, 3.05) is 26.2 Å². The van der Waals surface area contributed by atoms with Gasteiger partial charge in [-0.1, -0.05) is 24.3 Å². The van der Waals surface area contributed by atoms with Gasteiger partial charge < -0.3 is 5.32 Å². The lowest BCUT2D eigenvalue weighted by Crippen LogP contribution is -2.46. The van der Waals surface area contributed by atoms with Crippen molar-refractivity contribution < 1.29 is 8.42 Å². The van der Waals surface area contributed by atoms with Gasteiger partial charge in [-0.3, -0.25) is 0 Å². The van der Waals surface area contributed by atoms with Crippen LogP contribution in [0.5, 0.6) is 0 Å². The Bertz CT molecular complexity index is 582.